The SMILES string of the molecule is CCOc1cc(/C=N/NC(=O)c2ccc(C)cc2OC)ccc1OC(=O)c1ccc(C)cc1. The second-order valence-corrected chi connectivity index (χ2v) is 7.30. The van der Waals surface area contributed by atoms with Gasteiger partial charge in [-0.05, 0) is 74.4 Å². The number of carbonyl (C=O) groups is 2. The van der Waals surface area contributed by atoms with Crippen LogP contribution in [0.1, 0.15) is 44.3 Å². The van der Waals surface area contributed by atoms with Crippen LogP contribution in [0.25, 0.3) is 0 Å². The number of hydrazone groups is 1. The Kier molecular flexibility index (Phi) is 7.81. The smallest absolute Gasteiger partial charge is 0.343 e. The standard InChI is InChI=1S/C26H26N2O5/c1-5-32-24-15-19(9-13-22(24)33-26(30)20-10-6-17(2)7-11-20)16-27-28-25(29)21-12-8-18(3)14-23(21)31-4/h6-16H,5H2,1-4H3,(H,28,29)/b27-16+. The van der Waals surface area contributed by atoms with Gasteiger partial charge in [0, 0.05) is 0 Å². The van der Waals surface area contributed by atoms with Gasteiger partial charge >= 0.3 is 5.97 Å². The molecule has 7 heteroatoms. The maximum absolute atomic E-state index is 12.5. The largest absolute Gasteiger partial charge is 0.496 e. The summed E-state index contributed by atoms with van der Waals surface area (Å²) in [4.78, 5) is 24.9. The molecule has 7 nitrogen and oxygen atoms in total. The molecule has 3 aromatic rings. The zero-order chi connectivity index (χ0) is 23.8. The monoisotopic (exact) mass is 446 g/mol. The molecule has 0 fully saturated rings. The van der Waals surface area contributed by atoms with Gasteiger partial charge in [-0.1, -0.05) is 23.8 Å². The average Bonchev–Trinajstić information content (AvgIpc) is 2.81. The molecule has 0 bridgehead atoms. The van der Waals surface area contributed by atoms with Crippen LogP contribution in [0.3, 0.4) is 0 Å². The van der Waals surface area contributed by atoms with Crippen molar-refractivity contribution in [1.29, 1.82) is 0 Å². The van der Waals surface area contributed by atoms with Crippen molar-refractivity contribution in [1.82, 2.24) is 5.43 Å². The lowest BCUT2D eigenvalue weighted by molar-refractivity contribution is 0.0728. The fraction of sp³-hybridized carbons (Fsp3) is 0.192. The first kappa shape index (κ1) is 23.5. The van der Waals surface area contributed by atoms with Gasteiger partial charge in [-0.2, -0.15) is 5.10 Å². The minimum Gasteiger partial charge on any atom is -0.496 e. The fourth-order valence-corrected chi connectivity index (χ4v) is 3.02. The normalized spacial score (nSPS) is 10.7. The number of methoxy groups -OCH3 is 1. The molecule has 0 spiro atoms. The van der Waals surface area contributed by atoms with Crippen molar-refractivity contribution < 1.29 is 23.8 Å². The molecule has 0 atom stereocenters. The third-order valence-corrected chi connectivity index (χ3v) is 4.74. The number of rotatable bonds is 8. The van der Waals surface area contributed by atoms with Gasteiger partial charge in [-0.3, -0.25) is 4.79 Å². The van der Waals surface area contributed by atoms with Crippen molar-refractivity contribution in [2.45, 2.75) is 20.8 Å². The Morgan fingerprint density at radius 2 is 1.64 bits per heavy atom. The molecule has 0 saturated carbocycles. The maximum Gasteiger partial charge on any atom is 0.343 e. The van der Waals surface area contributed by atoms with E-state index in [-0.39, 0.29) is 0 Å². The number of esters is 1. The first-order valence-corrected chi connectivity index (χ1v) is 10.4. The number of hydrogen-bond acceptors (Lipinski definition) is 6. The van der Waals surface area contributed by atoms with Crippen LogP contribution in [0.2, 0.25) is 0 Å². The maximum atomic E-state index is 12.5. The highest BCUT2D eigenvalue weighted by atomic mass is 16.6. The Hall–Kier alpha value is -4.13. The second-order valence-electron chi connectivity index (χ2n) is 7.30. The van der Waals surface area contributed by atoms with Gasteiger partial charge in [0.15, 0.2) is 11.5 Å². The van der Waals surface area contributed by atoms with Gasteiger partial charge in [-0.15, -0.1) is 0 Å². The lowest BCUT2D eigenvalue weighted by Crippen LogP contribution is -2.18. The summed E-state index contributed by atoms with van der Waals surface area (Å²) < 4.78 is 16.4. The number of aryl methyl sites for hydroxylation is 2. The number of carbonyl (C=O) groups excluding carboxylic acids is 2. The summed E-state index contributed by atoms with van der Waals surface area (Å²) in [5.41, 5.74) is 6.02. The lowest BCUT2D eigenvalue weighted by Gasteiger charge is -2.11. The number of nitrogens with one attached hydrogen (secondary N) is 1. The third-order valence-electron chi connectivity index (χ3n) is 4.74. The van der Waals surface area contributed by atoms with Gasteiger partial charge in [0.1, 0.15) is 5.75 Å². The van der Waals surface area contributed by atoms with E-state index in [1.54, 1.807) is 42.5 Å². The van der Waals surface area contributed by atoms with Crippen LogP contribution in [0.15, 0.2) is 65.8 Å². The van der Waals surface area contributed by atoms with Crippen molar-refractivity contribution >= 4 is 18.1 Å². The topological polar surface area (TPSA) is 86.2 Å². The zero-order valence-electron chi connectivity index (χ0n) is 19.0. The molecule has 3 rings (SSSR count). The number of benzene rings is 3. The summed E-state index contributed by atoms with van der Waals surface area (Å²) in [6, 6.07) is 17.4. The summed E-state index contributed by atoms with van der Waals surface area (Å²) in [5, 5.41) is 4.02. The van der Waals surface area contributed by atoms with Crippen LogP contribution in [0.5, 0.6) is 17.2 Å². The van der Waals surface area contributed by atoms with E-state index in [1.807, 2.05) is 39.0 Å². The van der Waals surface area contributed by atoms with Gasteiger partial charge < -0.3 is 14.2 Å². The zero-order valence-corrected chi connectivity index (χ0v) is 19.0. The fourth-order valence-electron chi connectivity index (χ4n) is 3.02. The van der Waals surface area contributed by atoms with E-state index in [0.717, 1.165) is 11.1 Å². The van der Waals surface area contributed by atoms with Crippen molar-refractivity contribution in [3.8, 4) is 17.2 Å². The molecule has 0 unspecified atom stereocenters. The Bertz CT molecular complexity index is 1170. The van der Waals surface area contributed by atoms with Crippen LogP contribution in [-0.4, -0.2) is 31.8 Å². The average molecular weight is 447 g/mol. The number of nitrogens with zero attached hydrogens (tertiary/aromatic N) is 1. The number of ether oxygens (including phenoxy) is 3. The number of amides is 1. The highest BCUT2D eigenvalue weighted by molar-refractivity contribution is 5.97. The predicted octanol–water partition coefficient (Wildman–Crippen LogP) is 4.69. The van der Waals surface area contributed by atoms with Gasteiger partial charge in [0.25, 0.3) is 5.91 Å². The minimum absolute atomic E-state index is 0.299. The first-order valence-electron chi connectivity index (χ1n) is 10.4. The second kappa shape index (κ2) is 10.9. The number of hydrogen-bond donors (Lipinski definition) is 1. The highest BCUT2D eigenvalue weighted by Gasteiger charge is 2.14. The summed E-state index contributed by atoms with van der Waals surface area (Å²) in [6.07, 6.45) is 1.48. The van der Waals surface area contributed by atoms with Crippen LogP contribution in [-0.2, 0) is 0 Å². The molecule has 33 heavy (non-hydrogen) atoms. The van der Waals surface area contributed by atoms with E-state index in [2.05, 4.69) is 10.5 Å². The third kappa shape index (κ3) is 6.20. The molecular weight excluding hydrogens is 420 g/mol. The Morgan fingerprint density at radius 1 is 0.909 bits per heavy atom. The quantitative estimate of drug-likeness (QED) is 0.235. The van der Waals surface area contributed by atoms with Crippen molar-refractivity contribution in [3.63, 3.8) is 0 Å². The van der Waals surface area contributed by atoms with Crippen molar-refractivity contribution in [2.75, 3.05) is 13.7 Å². The molecule has 0 aliphatic heterocycles. The van der Waals surface area contributed by atoms with E-state index in [9.17, 15) is 9.59 Å². The minimum atomic E-state index is -0.475. The van der Waals surface area contributed by atoms with Crippen LogP contribution in [0, 0.1) is 13.8 Å². The molecule has 0 radical (unpaired) electrons. The lowest BCUT2D eigenvalue weighted by atomic mass is 10.1. The predicted molar refractivity (Wildman–Crippen MR) is 127 cm³/mol. The van der Waals surface area contributed by atoms with E-state index in [1.165, 1.54) is 13.3 Å². The molecular formula is C26H26N2O5. The Morgan fingerprint density at radius 3 is 2.33 bits per heavy atom. The molecule has 0 heterocycles. The molecule has 0 saturated heterocycles. The summed E-state index contributed by atoms with van der Waals surface area (Å²) >= 11 is 0. The van der Waals surface area contributed by atoms with Crippen LogP contribution in [0.4, 0.5) is 0 Å². The summed E-state index contributed by atoms with van der Waals surface area (Å²) in [6.45, 7) is 6.09. The first-order chi connectivity index (χ1) is 15.9. The van der Waals surface area contributed by atoms with Crippen molar-refractivity contribution in [2.24, 2.45) is 5.10 Å². The molecule has 170 valence electrons. The summed E-state index contributed by atoms with van der Waals surface area (Å²) in [7, 11) is 1.51. The molecule has 0 aliphatic rings. The van der Waals surface area contributed by atoms with Crippen molar-refractivity contribution in [3.05, 3.63) is 88.5 Å². The molecule has 1 amide bonds. The molecule has 1 N–H and O–H groups in total. The molecule has 0 aliphatic carbocycles. The van der Waals surface area contributed by atoms with E-state index in [4.69, 9.17) is 14.2 Å². The Balaban J connectivity index is 1.72. The van der Waals surface area contributed by atoms with Gasteiger partial charge in [0.05, 0.1) is 31.1 Å². The molecule has 0 aromatic heterocycles. The van der Waals surface area contributed by atoms with Gasteiger partial charge in [0.2, 0.25) is 0 Å². The van der Waals surface area contributed by atoms with Crippen LogP contribution < -0.4 is 19.6 Å². The van der Waals surface area contributed by atoms with Crippen LogP contribution >= 0.6 is 0 Å². The van der Waals surface area contributed by atoms with E-state index >= 15 is 0 Å². The van der Waals surface area contributed by atoms with E-state index < -0.39 is 11.9 Å². The van der Waals surface area contributed by atoms with E-state index in [0.29, 0.717) is 40.5 Å². The van der Waals surface area contributed by atoms with Gasteiger partial charge in [-0.25, -0.2) is 10.2 Å². The Labute approximate surface area is 193 Å². The highest BCUT2D eigenvalue weighted by Crippen LogP contribution is 2.29. The summed E-state index contributed by atoms with van der Waals surface area (Å²) in [5.74, 6) is 0.302. The molecule has 3 aromatic carbocycles.